The fraction of sp³-hybridized carbons (Fsp3) is 0.733. The monoisotopic (exact) mass is 372 g/mol. The van der Waals surface area contributed by atoms with E-state index in [0.717, 1.165) is 22.6 Å². The second-order valence-corrected chi connectivity index (χ2v) is 9.15. The third-order valence-electron chi connectivity index (χ3n) is 3.81. The molecule has 6 heteroatoms. The number of aromatic nitrogens is 1. The molecule has 1 amide bonds. The summed E-state index contributed by atoms with van der Waals surface area (Å²) in [4.78, 5) is 18.9. The van der Waals surface area contributed by atoms with Gasteiger partial charge in [0.15, 0.2) is 3.92 Å². The first kappa shape index (κ1) is 15.3. The molecule has 0 unspecified atom stereocenters. The molecule has 2 fully saturated rings. The summed E-state index contributed by atoms with van der Waals surface area (Å²) in [6.45, 7) is 6.59. The Labute approximate surface area is 138 Å². The Bertz CT molecular complexity index is 536. The van der Waals surface area contributed by atoms with Crippen molar-refractivity contribution >= 4 is 33.4 Å². The summed E-state index contributed by atoms with van der Waals surface area (Å²) in [6.07, 6.45) is 3.30. The highest BCUT2D eigenvalue weighted by Crippen LogP contribution is 2.47. The van der Waals surface area contributed by atoms with Crippen LogP contribution in [-0.4, -0.2) is 34.2 Å². The molecule has 1 aromatic heterocycles. The number of carbonyl (C=O) groups excluding carboxylic acids is 1. The normalized spacial score (nSPS) is 24.8. The van der Waals surface area contributed by atoms with Crippen LogP contribution in [0.5, 0.6) is 0 Å². The molecule has 0 radical (unpaired) electrons. The predicted molar refractivity (Wildman–Crippen MR) is 86.6 cm³/mol. The van der Waals surface area contributed by atoms with Crippen LogP contribution in [0.1, 0.15) is 51.6 Å². The van der Waals surface area contributed by atoms with Crippen molar-refractivity contribution in [2.75, 3.05) is 6.54 Å². The number of thiazole rings is 1. The first-order valence-corrected chi connectivity index (χ1v) is 9.11. The minimum absolute atomic E-state index is 0.170. The molecule has 0 aromatic carbocycles. The second-order valence-electron chi connectivity index (χ2n) is 7.01. The van der Waals surface area contributed by atoms with Crippen molar-refractivity contribution in [3.63, 3.8) is 0 Å². The smallest absolute Gasteiger partial charge is 0.410 e. The first-order valence-electron chi connectivity index (χ1n) is 7.44. The lowest BCUT2D eigenvalue weighted by Crippen LogP contribution is -2.40. The Hall–Kier alpha value is -0.620. The zero-order valence-corrected chi connectivity index (χ0v) is 15.0. The largest absolute Gasteiger partial charge is 0.444 e. The van der Waals surface area contributed by atoms with Gasteiger partial charge in [-0.2, -0.15) is 0 Å². The van der Waals surface area contributed by atoms with Gasteiger partial charge in [-0.3, -0.25) is 0 Å². The minimum atomic E-state index is -0.438. The van der Waals surface area contributed by atoms with E-state index in [9.17, 15) is 4.79 Å². The number of amides is 1. The van der Waals surface area contributed by atoms with E-state index in [1.165, 1.54) is 12.8 Å². The van der Waals surface area contributed by atoms with E-state index in [1.807, 2.05) is 25.7 Å². The van der Waals surface area contributed by atoms with Gasteiger partial charge in [0.05, 0.1) is 5.69 Å². The maximum atomic E-state index is 12.5. The number of carbonyl (C=O) groups is 1. The summed E-state index contributed by atoms with van der Waals surface area (Å²) >= 11 is 5.01. The van der Waals surface area contributed by atoms with Crippen molar-refractivity contribution in [2.24, 2.45) is 5.92 Å². The Kier molecular flexibility index (Phi) is 4.03. The Morgan fingerprint density at radius 2 is 2.24 bits per heavy atom. The van der Waals surface area contributed by atoms with E-state index in [4.69, 9.17) is 4.74 Å². The maximum absolute atomic E-state index is 12.5. The molecule has 2 atom stereocenters. The predicted octanol–water partition coefficient (Wildman–Crippen LogP) is 4.41. The van der Waals surface area contributed by atoms with Gasteiger partial charge in [-0.1, -0.05) is 0 Å². The Morgan fingerprint density at radius 3 is 2.76 bits per heavy atom. The molecular formula is C15H21BrN2O2S. The minimum Gasteiger partial charge on any atom is -0.444 e. The van der Waals surface area contributed by atoms with Crippen molar-refractivity contribution < 1.29 is 9.53 Å². The van der Waals surface area contributed by atoms with Crippen LogP contribution in [-0.2, 0) is 4.74 Å². The maximum Gasteiger partial charge on any atom is 0.410 e. The third-order valence-corrected chi connectivity index (χ3v) is 5.19. The van der Waals surface area contributed by atoms with Crippen LogP contribution in [0.25, 0.3) is 0 Å². The lowest BCUT2D eigenvalue weighted by Gasteiger charge is -2.27. The average molecular weight is 373 g/mol. The lowest BCUT2D eigenvalue weighted by atomic mass is 10.2. The van der Waals surface area contributed by atoms with Crippen LogP contribution in [0.15, 0.2) is 9.30 Å². The molecule has 21 heavy (non-hydrogen) atoms. The Morgan fingerprint density at radius 1 is 1.52 bits per heavy atom. The molecule has 0 spiro atoms. The number of hydrogen-bond acceptors (Lipinski definition) is 4. The fourth-order valence-electron chi connectivity index (χ4n) is 2.52. The van der Waals surface area contributed by atoms with E-state index in [-0.39, 0.29) is 12.1 Å². The molecule has 116 valence electrons. The SMILES string of the molecule is CC(C)(C)OC(=O)N(CC1CC1)[C@@H]1C[C@H]1c1csc(Br)n1. The van der Waals surface area contributed by atoms with Crippen LogP contribution in [0, 0.1) is 5.92 Å². The zero-order valence-electron chi connectivity index (χ0n) is 12.6. The van der Waals surface area contributed by atoms with Crippen molar-refractivity contribution in [3.05, 3.63) is 15.0 Å². The number of ether oxygens (including phenoxy) is 1. The van der Waals surface area contributed by atoms with Crippen LogP contribution < -0.4 is 0 Å². The quantitative estimate of drug-likeness (QED) is 0.785. The molecule has 0 N–H and O–H groups in total. The van der Waals surface area contributed by atoms with Gasteiger partial charge in [-0.25, -0.2) is 9.78 Å². The fourth-order valence-corrected chi connectivity index (χ4v) is 3.61. The van der Waals surface area contributed by atoms with Gasteiger partial charge in [0.1, 0.15) is 5.60 Å². The van der Waals surface area contributed by atoms with E-state index in [1.54, 1.807) is 11.3 Å². The summed E-state index contributed by atoms with van der Waals surface area (Å²) in [7, 11) is 0. The van der Waals surface area contributed by atoms with Gasteiger partial charge >= 0.3 is 6.09 Å². The van der Waals surface area contributed by atoms with Crippen molar-refractivity contribution in [2.45, 2.75) is 57.6 Å². The van der Waals surface area contributed by atoms with Gasteiger partial charge in [-0.05, 0) is 61.9 Å². The van der Waals surface area contributed by atoms with Crippen molar-refractivity contribution in [1.29, 1.82) is 0 Å². The summed E-state index contributed by atoms with van der Waals surface area (Å²) in [6, 6.07) is 0.259. The number of nitrogens with zero attached hydrogens (tertiary/aromatic N) is 2. The summed E-state index contributed by atoms with van der Waals surface area (Å²) in [5.41, 5.74) is 0.661. The molecule has 0 aliphatic heterocycles. The van der Waals surface area contributed by atoms with Crippen LogP contribution in [0.3, 0.4) is 0 Å². The third kappa shape index (κ3) is 3.97. The second kappa shape index (κ2) is 5.54. The van der Waals surface area contributed by atoms with E-state index >= 15 is 0 Å². The van der Waals surface area contributed by atoms with Crippen LogP contribution in [0.4, 0.5) is 4.79 Å². The van der Waals surface area contributed by atoms with Crippen LogP contribution >= 0.6 is 27.3 Å². The number of halogens is 1. The number of hydrogen-bond donors (Lipinski definition) is 0. The van der Waals surface area contributed by atoms with E-state index < -0.39 is 5.60 Å². The molecule has 0 bridgehead atoms. The molecule has 2 aliphatic carbocycles. The van der Waals surface area contributed by atoms with Crippen molar-refractivity contribution in [1.82, 2.24) is 9.88 Å². The Balaban J connectivity index is 1.67. The lowest BCUT2D eigenvalue weighted by molar-refractivity contribution is 0.0220. The first-order chi connectivity index (χ1) is 9.83. The van der Waals surface area contributed by atoms with Crippen LogP contribution in [0.2, 0.25) is 0 Å². The molecule has 2 aliphatic rings. The highest BCUT2D eigenvalue weighted by molar-refractivity contribution is 9.11. The van der Waals surface area contributed by atoms with Gasteiger partial charge < -0.3 is 9.64 Å². The molecule has 2 saturated carbocycles. The highest BCUT2D eigenvalue weighted by Gasteiger charge is 2.48. The number of rotatable bonds is 4. The summed E-state index contributed by atoms with van der Waals surface area (Å²) in [5, 5.41) is 2.08. The van der Waals surface area contributed by atoms with E-state index in [2.05, 4.69) is 26.3 Å². The highest BCUT2D eigenvalue weighted by atomic mass is 79.9. The average Bonchev–Trinajstić information content (AvgIpc) is 3.25. The standard InChI is InChI=1S/C15H21BrN2O2S/c1-15(2,3)20-14(19)18(7-9-4-5-9)12-6-10(12)11-8-21-13(16)17-11/h8-10,12H,4-7H2,1-3H3/t10-,12+/m0/s1. The summed E-state index contributed by atoms with van der Waals surface area (Å²) < 4.78 is 6.49. The molecule has 1 aromatic rings. The molecule has 4 nitrogen and oxygen atoms in total. The summed E-state index contributed by atoms with van der Waals surface area (Å²) in [5.74, 6) is 1.04. The molecular weight excluding hydrogens is 352 g/mol. The van der Waals surface area contributed by atoms with Gasteiger partial charge in [0, 0.05) is 23.9 Å². The molecule has 0 saturated heterocycles. The van der Waals surface area contributed by atoms with E-state index in [0.29, 0.717) is 11.8 Å². The van der Waals surface area contributed by atoms with Gasteiger partial charge in [-0.15, -0.1) is 11.3 Å². The van der Waals surface area contributed by atoms with Crippen molar-refractivity contribution in [3.8, 4) is 0 Å². The topological polar surface area (TPSA) is 42.4 Å². The zero-order chi connectivity index (χ0) is 15.2. The molecule has 1 heterocycles. The van der Waals surface area contributed by atoms with Gasteiger partial charge in [0.25, 0.3) is 0 Å². The molecule has 3 rings (SSSR count). The van der Waals surface area contributed by atoms with Gasteiger partial charge in [0.2, 0.25) is 0 Å².